The maximum Gasteiger partial charge on any atom is 0.269 e. The average molecular weight is 445 g/mol. The van der Waals surface area contributed by atoms with Crippen LogP contribution in [0, 0.1) is 16.0 Å². The summed E-state index contributed by atoms with van der Waals surface area (Å²) in [5, 5.41) is 13.7. The van der Waals surface area contributed by atoms with Gasteiger partial charge >= 0.3 is 0 Å². The summed E-state index contributed by atoms with van der Waals surface area (Å²) in [6.45, 7) is 3.85. The molecule has 2 saturated heterocycles. The molecular formula is C21H27N5O6. The first-order valence-corrected chi connectivity index (χ1v) is 10.6. The number of nitrogens with zero attached hydrogens (tertiary/aromatic N) is 3. The van der Waals surface area contributed by atoms with Crippen molar-refractivity contribution in [1.82, 2.24) is 10.2 Å². The summed E-state index contributed by atoms with van der Waals surface area (Å²) in [5.74, 6) is -2.06. The Morgan fingerprint density at radius 1 is 1.22 bits per heavy atom. The fraction of sp³-hybridized carbons (Fsp3) is 0.524. The number of carbonyl (C=O) groups excluding carboxylic acids is 4. The van der Waals surface area contributed by atoms with Crippen LogP contribution >= 0.6 is 0 Å². The molecule has 0 bridgehead atoms. The normalized spacial score (nSPS) is 21.3. The Hall–Kier alpha value is -3.50. The first-order chi connectivity index (χ1) is 15.1. The number of rotatable bonds is 7. The predicted octanol–water partition coefficient (Wildman–Crippen LogP) is 0.707. The van der Waals surface area contributed by atoms with Gasteiger partial charge in [0.2, 0.25) is 17.7 Å². The molecule has 2 aliphatic heterocycles. The number of hydrogen-bond donors (Lipinski definition) is 2. The summed E-state index contributed by atoms with van der Waals surface area (Å²) in [6, 6.07) is 2.79. The lowest BCUT2D eigenvalue weighted by atomic mass is 9.99. The summed E-state index contributed by atoms with van der Waals surface area (Å²) < 4.78 is 0. The van der Waals surface area contributed by atoms with Crippen LogP contribution < -0.4 is 16.0 Å². The van der Waals surface area contributed by atoms with Gasteiger partial charge in [-0.15, -0.1) is 0 Å². The van der Waals surface area contributed by atoms with Crippen LogP contribution in [0.15, 0.2) is 24.3 Å². The number of benzene rings is 1. The molecule has 0 radical (unpaired) electrons. The zero-order valence-electron chi connectivity index (χ0n) is 18.0. The fourth-order valence-electron chi connectivity index (χ4n) is 4.36. The molecule has 3 rings (SSSR count). The third kappa shape index (κ3) is 4.56. The van der Waals surface area contributed by atoms with E-state index >= 15 is 0 Å². The number of nitro groups is 1. The maximum absolute atomic E-state index is 13.7. The number of anilines is 1. The van der Waals surface area contributed by atoms with E-state index in [0.717, 1.165) is 0 Å². The van der Waals surface area contributed by atoms with E-state index < -0.39 is 34.9 Å². The number of hydrogen-bond acceptors (Lipinski definition) is 6. The van der Waals surface area contributed by atoms with Crippen LogP contribution in [0.5, 0.6) is 0 Å². The van der Waals surface area contributed by atoms with Crippen molar-refractivity contribution >= 4 is 35.0 Å². The Labute approximate surface area is 185 Å². The van der Waals surface area contributed by atoms with E-state index in [9.17, 15) is 29.3 Å². The summed E-state index contributed by atoms with van der Waals surface area (Å²) in [7, 11) is 0. The van der Waals surface area contributed by atoms with Crippen molar-refractivity contribution in [3.05, 3.63) is 34.4 Å². The predicted molar refractivity (Wildman–Crippen MR) is 114 cm³/mol. The molecule has 1 aromatic rings. The van der Waals surface area contributed by atoms with Crippen molar-refractivity contribution in [3.63, 3.8) is 0 Å². The molecule has 3 N–H and O–H groups in total. The van der Waals surface area contributed by atoms with Crippen molar-refractivity contribution in [1.29, 1.82) is 0 Å². The summed E-state index contributed by atoms with van der Waals surface area (Å²) in [6.07, 6.45) is 1.63. The van der Waals surface area contributed by atoms with Crippen LogP contribution in [0.2, 0.25) is 0 Å². The van der Waals surface area contributed by atoms with Crippen LogP contribution in [0.1, 0.15) is 39.5 Å². The molecule has 11 nitrogen and oxygen atoms in total. The van der Waals surface area contributed by atoms with Crippen LogP contribution in [-0.2, 0) is 19.2 Å². The minimum atomic E-state index is -1.01. The van der Waals surface area contributed by atoms with Gasteiger partial charge in [0.25, 0.3) is 11.6 Å². The molecule has 1 aromatic carbocycles. The molecular weight excluding hydrogens is 418 g/mol. The minimum Gasteiger partial charge on any atom is -0.368 e. The number of nitrogens with one attached hydrogen (secondary N) is 1. The molecule has 172 valence electrons. The van der Waals surface area contributed by atoms with Crippen LogP contribution in [0.25, 0.3) is 0 Å². The molecule has 2 fully saturated rings. The van der Waals surface area contributed by atoms with E-state index in [-0.39, 0.29) is 35.5 Å². The van der Waals surface area contributed by atoms with Gasteiger partial charge in [0, 0.05) is 30.8 Å². The van der Waals surface area contributed by atoms with Gasteiger partial charge in [-0.1, -0.05) is 13.8 Å². The molecule has 2 heterocycles. The van der Waals surface area contributed by atoms with Gasteiger partial charge in [-0.2, -0.15) is 0 Å². The third-order valence-corrected chi connectivity index (χ3v) is 5.89. The topological polar surface area (TPSA) is 156 Å². The monoisotopic (exact) mass is 445 g/mol. The van der Waals surface area contributed by atoms with E-state index in [2.05, 4.69) is 5.32 Å². The van der Waals surface area contributed by atoms with Gasteiger partial charge < -0.3 is 16.0 Å². The summed E-state index contributed by atoms with van der Waals surface area (Å²) >= 11 is 0. The zero-order chi connectivity index (χ0) is 23.6. The van der Waals surface area contributed by atoms with Crippen molar-refractivity contribution in [2.45, 2.75) is 57.7 Å². The number of carbonyl (C=O) groups is 4. The number of primary amides is 1. The number of nitrogens with two attached hydrogens (primary N) is 1. The highest BCUT2D eigenvalue weighted by Gasteiger charge is 2.43. The smallest absolute Gasteiger partial charge is 0.269 e. The fourth-order valence-corrected chi connectivity index (χ4v) is 4.36. The van der Waals surface area contributed by atoms with Crippen LogP contribution in [-0.4, -0.2) is 58.1 Å². The highest BCUT2D eigenvalue weighted by molar-refractivity contribution is 6.05. The number of likely N-dealkylation sites (tertiary alicyclic amines) is 1. The second-order valence-corrected chi connectivity index (χ2v) is 8.42. The largest absolute Gasteiger partial charge is 0.368 e. The van der Waals surface area contributed by atoms with Gasteiger partial charge in [-0.3, -0.25) is 34.2 Å². The minimum absolute atomic E-state index is 0.157. The Kier molecular flexibility index (Phi) is 6.75. The Bertz CT molecular complexity index is 931. The molecule has 11 heteroatoms. The van der Waals surface area contributed by atoms with Gasteiger partial charge in [-0.25, -0.2) is 0 Å². The van der Waals surface area contributed by atoms with E-state index in [0.29, 0.717) is 25.8 Å². The summed E-state index contributed by atoms with van der Waals surface area (Å²) in [4.78, 5) is 63.7. The molecule has 32 heavy (non-hydrogen) atoms. The quantitative estimate of drug-likeness (QED) is 0.465. The van der Waals surface area contributed by atoms with E-state index in [1.807, 2.05) is 0 Å². The van der Waals surface area contributed by atoms with Crippen molar-refractivity contribution in [3.8, 4) is 0 Å². The van der Waals surface area contributed by atoms with Gasteiger partial charge in [-0.05, 0) is 37.3 Å². The highest BCUT2D eigenvalue weighted by atomic mass is 16.6. The molecule has 0 aliphatic carbocycles. The van der Waals surface area contributed by atoms with Crippen molar-refractivity contribution < 1.29 is 24.1 Å². The van der Waals surface area contributed by atoms with Crippen molar-refractivity contribution in [2.24, 2.45) is 11.7 Å². The molecule has 0 spiro atoms. The van der Waals surface area contributed by atoms with E-state index in [4.69, 9.17) is 5.73 Å². The molecule has 3 atom stereocenters. The van der Waals surface area contributed by atoms with Gasteiger partial charge in [0.1, 0.15) is 18.1 Å². The second-order valence-electron chi connectivity index (χ2n) is 8.42. The Balaban J connectivity index is 1.95. The standard InChI is InChI=1S/C21H27N5O6/c1-12(2)18(19(22)28)25(13-5-7-14(8-6-13)26(31)32)21(30)16-4-3-11-24(16)20(29)15-9-10-17(27)23-15/h5-8,12,15-16,18H,3-4,9-11H2,1-2H3,(H2,22,28)(H,23,27)/t15-,16-,18-/m0/s1. The van der Waals surface area contributed by atoms with Crippen molar-refractivity contribution in [2.75, 3.05) is 11.4 Å². The number of nitro benzene ring substituents is 1. The summed E-state index contributed by atoms with van der Waals surface area (Å²) in [5.41, 5.74) is 5.76. The molecule has 2 aliphatic rings. The van der Waals surface area contributed by atoms with Gasteiger partial charge in [0.15, 0.2) is 0 Å². The first kappa shape index (κ1) is 23.2. The molecule has 0 saturated carbocycles. The van der Waals surface area contributed by atoms with Crippen LogP contribution in [0.4, 0.5) is 11.4 Å². The Morgan fingerprint density at radius 2 is 1.88 bits per heavy atom. The van der Waals surface area contributed by atoms with Gasteiger partial charge in [0.05, 0.1) is 4.92 Å². The average Bonchev–Trinajstić information content (AvgIpc) is 3.39. The lowest BCUT2D eigenvalue weighted by Gasteiger charge is -2.36. The van der Waals surface area contributed by atoms with E-state index in [1.54, 1.807) is 13.8 Å². The zero-order valence-corrected chi connectivity index (χ0v) is 18.0. The maximum atomic E-state index is 13.7. The first-order valence-electron chi connectivity index (χ1n) is 10.6. The third-order valence-electron chi connectivity index (χ3n) is 5.89. The molecule has 0 unspecified atom stereocenters. The van der Waals surface area contributed by atoms with E-state index in [1.165, 1.54) is 34.1 Å². The lowest BCUT2D eigenvalue weighted by molar-refractivity contribution is -0.384. The second kappa shape index (κ2) is 9.33. The Morgan fingerprint density at radius 3 is 2.38 bits per heavy atom. The highest BCUT2D eigenvalue weighted by Crippen LogP contribution is 2.29. The number of non-ortho nitro benzene ring substituents is 1. The van der Waals surface area contributed by atoms with Crippen LogP contribution in [0.3, 0.4) is 0 Å². The lowest BCUT2D eigenvalue weighted by Crippen LogP contribution is -2.58. The molecule has 4 amide bonds. The molecule has 0 aromatic heterocycles. The SMILES string of the molecule is CC(C)[C@@H](C(N)=O)N(C(=O)[C@@H]1CCCN1C(=O)[C@@H]1CCC(=O)N1)c1ccc([N+](=O)[O-])cc1. The number of amides is 4.